The molecule has 4 aliphatic rings. The van der Waals surface area contributed by atoms with Crippen LogP contribution in [0.3, 0.4) is 0 Å². The minimum Gasteiger partial charge on any atom is -0.261 e. The molecular formula is C32H51N. The van der Waals surface area contributed by atoms with Crippen LogP contribution in [0, 0.1) is 59.2 Å². The molecule has 9 atom stereocenters. The summed E-state index contributed by atoms with van der Waals surface area (Å²) in [7, 11) is 0. The molecule has 0 bridgehead atoms. The smallest absolute Gasteiger partial charge is 0.0372 e. The molecule has 4 saturated carbocycles. The molecule has 1 heteroatoms. The van der Waals surface area contributed by atoms with E-state index in [2.05, 4.69) is 57.9 Å². The van der Waals surface area contributed by atoms with Gasteiger partial charge in [0.25, 0.3) is 0 Å². The third kappa shape index (κ3) is 4.23. The van der Waals surface area contributed by atoms with Crippen molar-refractivity contribution >= 4 is 0 Å². The topological polar surface area (TPSA) is 12.9 Å². The quantitative estimate of drug-likeness (QED) is 0.422. The number of rotatable bonds is 6. The Balaban J connectivity index is 1.27. The van der Waals surface area contributed by atoms with Crippen molar-refractivity contribution < 1.29 is 0 Å². The molecule has 33 heavy (non-hydrogen) atoms. The maximum atomic E-state index is 4.58. The Labute approximate surface area is 204 Å². The maximum Gasteiger partial charge on any atom is 0.0372 e. The van der Waals surface area contributed by atoms with Crippen molar-refractivity contribution in [2.75, 3.05) is 0 Å². The molecule has 0 aromatic carbocycles. The first kappa shape index (κ1) is 23.9. The van der Waals surface area contributed by atoms with Gasteiger partial charge in [-0.2, -0.15) is 0 Å². The second-order valence-corrected chi connectivity index (χ2v) is 13.5. The number of aromatic nitrogens is 1. The van der Waals surface area contributed by atoms with Crippen molar-refractivity contribution in [1.29, 1.82) is 0 Å². The van der Waals surface area contributed by atoms with E-state index in [0.717, 1.165) is 47.1 Å². The number of hydrogen-bond donors (Lipinski definition) is 0. The van der Waals surface area contributed by atoms with E-state index >= 15 is 0 Å². The van der Waals surface area contributed by atoms with Gasteiger partial charge in [-0.15, -0.1) is 0 Å². The zero-order valence-corrected chi connectivity index (χ0v) is 22.4. The molecule has 1 heterocycles. The summed E-state index contributed by atoms with van der Waals surface area (Å²) in [6.07, 6.45) is 21.5. The van der Waals surface area contributed by atoms with Crippen molar-refractivity contribution in [2.45, 2.75) is 118 Å². The van der Waals surface area contributed by atoms with Gasteiger partial charge in [-0.1, -0.05) is 46.6 Å². The van der Waals surface area contributed by atoms with Crippen LogP contribution in [0.4, 0.5) is 0 Å². The predicted molar refractivity (Wildman–Crippen MR) is 140 cm³/mol. The average Bonchev–Trinajstić information content (AvgIpc) is 3.18. The average molecular weight is 450 g/mol. The van der Waals surface area contributed by atoms with Crippen LogP contribution in [-0.2, 0) is 6.42 Å². The highest BCUT2D eigenvalue weighted by Crippen LogP contribution is 2.66. The van der Waals surface area contributed by atoms with Crippen molar-refractivity contribution in [2.24, 2.45) is 52.3 Å². The Bertz CT molecular complexity index is 797. The molecule has 5 rings (SSSR count). The van der Waals surface area contributed by atoms with Crippen LogP contribution in [0.5, 0.6) is 0 Å². The molecule has 0 saturated heterocycles. The van der Waals surface area contributed by atoms with Gasteiger partial charge in [0.15, 0.2) is 0 Å². The van der Waals surface area contributed by atoms with Crippen LogP contribution in [0.15, 0.2) is 18.3 Å². The van der Waals surface area contributed by atoms with E-state index in [1.165, 1.54) is 56.9 Å². The monoisotopic (exact) mass is 449 g/mol. The largest absolute Gasteiger partial charge is 0.261 e. The van der Waals surface area contributed by atoms with Gasteiger partial charge in [0.1, 0.15) is 0 Å². The summed E-state index contributed by atoms with van der Waals surface area (Å²) in [6.45, 7) is 12.3. The van der Waals surface area contributed by atoms with Crippen LogP contribution < -0.4 is 0 Å². The van der Waals surface area contributed by atoms with Gasteiger partial charge in [-0.3, -0.25) is 4.98 Å². The standard InChI is InChI=1S/C32H51N/c1-6-16-32(7-2)18-15-26-25(20-32)10-11-28-27(26)14-17-31(5)29(12-13-30(28)31)22(3)19-24-9-8-23(4)33-21-24/h8-9,21-22,25-30H,6-7,10-20H2,1-5H3/t22-,25+,26-,27+,28+,29+,30-,31+,32-/m0/s1. The van der Waals surface area contributed by atoms with Crippen molar-refractivity contribution in [3.8, 4) is 0 Å². The van der Waals surface area contributed by atoms with E-state index in [9.17, 15) is 0 Å². The van der Waals surface area contributed by atoms with Crippen molar-refractivity contribution in [1.82, 2.24) is 4.98 Å². The third-order valence-electron chi connectivity index (χ3n) is 12.0. The SMILES string of the molecule is CCC[C@@]1(CC)CC[C@H]2[C@H](CC[C@@H]3[C@@H]2CC[C@]2(C)[C@@H]([C@@H](C)Cc4ccc(C)nc4)CC[C@@H]32)C1. The van der Waals surface area contributed by atoms with Crippen LogP contribution >= 0.6 is 0 Å². The summed E-state index contributed by atoms with van der Waals surface area (Å²) in [5.74, 6) is 6.94. The summed E-state index contributed by atoms with van der Waals surface area (Å²) in [5.41, 5.74) is 3.88. The van der Waals surface area contributed by atoms with Gasteiger partial charge in [-0.25, -0.2) is 0 Å². The summed E-state index contributed by atoms with van der Waals surface area (Å²) >= 11 is 0. The number of fused-ring (bicyclic) bond motifs is 5. The third-order valence-corrected chi connectivity index (χ3v) is 12.0. The first-order valence-corrected chi connectivity index (χ1v) is 14.8. The number of nitrogens with zero attached hydrogens (tertiary/aromatic N) is 1. The minimum atomic E-state index is 0.593. The maximum absolute atomic E-state index is 4.58. The molecular weight excluding hydrogens is 398 g/mol. The molecule has 0 radical (unpaired) electrons. The lowest BCUT2D eigenvalue weighted by Gasteiger charge is -2.58. The summed E-state index contributed by atoms with van der Waals surface area (Å²) in [6, 6.07) is 4.52. The van der Waals surface area contributed by atoms with Gasteiger partial charge < -0.3 is 0 Å². The minimum absolute atomic E-state index is 0.593. The molecule has 0 unspecified atom stereocenters. The van der Waals surface area contributed by atoms with Gasteiger partial charge in [0.05, 0.1) is 0 Å². The van der Waals surface area contributed by atoms with Gasteiger partial charge >= 0.3 is 0 Å². The second kappa shape index (κ2) is 9.31. The zero-order valence-electron chi connectivity index (χ0n) is 22.4. The van der Waals surface area contributed by atoms with Crippen molar-refractivity contribution in [3.05, 3.63) is 29.6 Å². The first-order chi connectivity index (χ1) is 15.9. The molecule has 1 nitrogen and oxygen atoms in total. The van der Waals surface area contributed by atoms with E-state index in [1.54, 1.807) is 32.1 Å². The normalized spacial score (nSPS) is 43.4. The van der Waals surface area contributed by atoms with Gasteiger partial charge in [-0.05, 0) is 141 Å². The van der Waals surface area contributed by atoms with Gasteiger partial charge in [0, 0.05) is 11.9 Å². The Hall–Kier alpha value is -0.850. The lowest BCUT2D eigenvalue weighted by molar-refractivity contribution is -0.0862. The fourth-order valence-corrected chi connectivity index (χ4v) is 10.4. The van der Waals surface area contributed by atoms with E-state index in [1.807, 2.05) is 0 Å². The zero-order chi connectivity index (χ0) is 23.2. The number of pyridine rings is 1. The first-order valence-electron chi connectivity index (χ1n) is 14.8. The number of hydrogen-bond acceptors (Lipinski definition) is 1. The van der Waals surface area contributed by atoms with Crippen LogP contribution in [0.25, 0.3) is 0 Å². The molecule has 0 amide bonds. The fraction of sp³-hybridized carbons (Fsp3) is 0.844. The van der Waals surface area contributed by atoms with Gasteiger partial charge in [0.2, 0.25) is 0 Å². The highest BCUT2D eigenvalue weighted by molar-refractivity contribution is 5.15. The Morgan fingerprint density at radius 3 is 2.52 bits per heavy atom. The Morgan fingerprint density at radius 2 is 1.79 bits per heavy atom. The molecule has 0 spiro atoms. The molecule has 1 aromatic heterocycles. The summed E-state index contributed by atoms with van der Waals surface area (Å²) in [5, 5.41) is 0. The van der Waals surface area contributed by atoms with Crippen LogP contribution in [0.1, 0.15) is 116 Å². The van der Waals surface area contributed by atoms with Crippen molar-refractivity contribution in [3.63, 3.8) is 0 Å². The van der Waals surface area contributed by atoms with Crippen LogP contribution in [0.2, 0.25) is 0 Å². The molecule has 0 N–H and O–H groups in total. The molecule has 4 aliphatic carbocycles. The Morgan fingerprint density at radius 1 is 0.970 bits per heavy atom. The van der Waals surface area contributed by atoms with Crippen LogP contribution in [-0.4, -0.2) is 4.98 Å². The number of aryl methyl sites for hydroxylation is 1. The fourth-order valence-electron chi connectivity index (χ4n) is 10.4. The van der Waals surface area contributed by atoms with E-state index in [4.69, 9.17) is 0 Å². The van der Waals surface area contributed by atoms with E-state index in [0.29, 0.717) is 10.8 Å². The van der Waals surface area contributed by atoms with E-state index < -0.39 is 0 Å². The summed E-state index contributed by atoms with van der Waals surface area (Å²) in [4.78, 5) is 4.58. The summed E-state index contributed by atoms with van der Waals surface area (Å²) < 4.78 is 0. The lowest BCUT2D eigenvalue weighted by Crippen LogP contribution is -2.50. The highest BCUT2D eigenvalue weighted by Gasteiger charge is 2.58. The Kier molecular flexibility index (Phi) is 6.73. The molecule has 4 fully saturated rings. The molecule has 0 aliphatic heterocycles. The highest BCUT2D eigenvalue weighted by atomic mass is 14.7. The second-order valence-electron chi connectivity index (χ2n) is 13.5. The lowest BCUT2D eigenvalue weighted by atomic mass is 9.47. The molecule has 1 aromatic rings. The molecule has 184 valence electrons. The van der Waals surface area contributed by atoms with E-state index in [-0.39, 0.29) is 0 Å². The predicted octanol–water partition coefficient (Wildman–Crippen LogP) is 9.03.